The van der Waals surface area contributed by atoms with E-state index >= 15 is 8.78 Å². The summed E-state index contributed by atoms with van der Waals surface area (Å²) in [5, 5.41) is 2.09. The first-order chi connectivity index (χ1) is 16.8. The molecule has 2 amide bonds. The highest BCUT2D eigenvalue weighted by molar-refractivity contribution is 8.18. The Hall–Kier alpha value is -3.37. The van der Waals surface area contributed by atoms with Crippen LogP contribution < -0.4 is 10.2 Å². The number of benzene rings is 2. The van der Waals surface area contributed by atoms with Crippen LogP contribution >= 0.6 is 11.8 Å². The highest BCUT2D eigenvalue weighted by atomic mass is 32.2. The third-order valence-corrected chi connectivity index (χ3v) is 7.02. The molecule has 2 saturated heterocycles. The number of carbonyl (C=O) groups excluding carboxylic acids is 2. The molecule has 35 heavy (non-hydrogen) atoms. The SMILES string of the molecule is CCN1CCN(c2ccc(-c3nc(C)nc4c(F)cc(/C=C5\SC(=O)NC5=O)cc34)cc2F)CC1. The number of thioether (sulfide) groups is 1. The summed E-state index contributed by atoms with van der Waals surface area (Å²) in [4.78, 5) is 36.6. The number of aryl methyl sites for hydroxylation is 1. The molecule has 0 bridgehead atoms. The molecule has 3 heterocycles. The normalized spacial score (nSPS) is 18.1. The number of amides is 2. The van der Waals surface area contributed by atoms with Crippen molar-refractivity contribution in [2.24, 2.45) is 0 Å². The zero-order valence-electron chi connectivity index (χ0n) is 19.3. The highest BCUT2D eigenvalue weighted by Crippen LogP contribution is 2.33. The number of carbonyl (C=O) groups is 2. The van der Waals surface area contributed by atoms with Gasteiger partial charge in [-0.05, 0) is 61.1 Å². The number of aromatic nitrogens is 2. The van der Waals surface area contributed by atoms with Gasteiger partial charge in [0.1, 0.15) is 23.0 Å². The van der Waals surface area contributed by atoms with E-state index in [1.165, 1.54) is 18.2 Å². The molecule has 180 valence electrons. The quantitative estimate of drug-likeness (QED) is 0.539. The molecule has 0 saturated carbocycles. The lowest BCUT2D eigenvalue weighted by Crippen LogP contribution is -2.46. The van der Waals surface area contributed by atoms with Gasteiger partial charge < -0.3 is 9.80 Å². The summed E-state index contributed by atoms with van der Waals surface area (Å²) in [5.41, 5.74) is 1.91. The first-order valence-electron chi connectivity index (χ1n) is 11.3. The smallest absolute Gasteiger partial charge is 0.290 e. The van der Waals surface area contributed by atoms with Crippen LogP contribution in [0.5, 0.6) is 0 Å². The molecule has 1 N–H and O–H groups in total. The van der Waals surface area contributed by atoms with Gasteiger partial charge in [-0.3, -0.25) is 14.9 Å². The summed E-state index contributed by atoms with van der Waals surface area (Å²) < 4.78 is 30.3. The van der Waals surface area contributed by atoms with Crippen molar-refractivity contribution in [1.82, 2.24) is 20.2 Å². The Balaban J connectivity index is 1.55. The van der Waals surface area contributed by atoms with Gasteiger partial charge >= 0.3 is 0 Å². The van der Waals surface area contributed by atoms with Crippen molar-refractivity contribution in [1.29, 1.82) is 0 Å². The van der Waals surface area contributed by atoms with Gasteiger partial charge in [0.05, 0.1) is 16.3 Å². The van der Waals surface area contributed by atoms with Crippen LogP contribution in [0.25, 0.3) is 28.2 Å². The Morgan fingerprint density at radius 3 is 2.49 bits per heavy atom. The number of rotatable bonds is 4. The Morgan fingerprint density at radius 1 is 1.06 bits per heavy atom. The summed E-state index contributed by atoms with van der Waals surface area (Å²) in [5.74, 6) is -1.14. The lowest BCUT2D eigenvalue weighted by atomic mass is 10.0. The molecule has 0 unspecified atom stereocenters. The number of hydrogen-bond acceptors (Lipinski definition) is 7. The molecule has 3 aromatic rings. The summed E-state index contributed by atoms with van der Waals surface area (Å²) in [6, 6.07) is 7.84. The van der Waals surface area contributed by atoms with Crippen molar-refractivity contribution in [3.63, 3.8) is 0 Å². The summed E-state index contributed by atoms with van der Waals surface area (Å²) in [7, 11) is 0. The first kappa shape index (κ1) is 23.4. The van der Waals surface area contributed by atoms with Gasteiger partial charge in [0.15, 0.2) is 0 Å². The van der Waals surface area contributed by atoms with Crippen molar-refractivity contribution in [3.8, 4) is 11.3 Å². The van der Waals surface area contributed by atoms with E-state index in [9.17, 15) is 9.59 Å². The number of hydrogen-bond donors (Lipinski definition) is 1. The highest BCUT2D eigenvalue weighted by Gasteiger charge is 2.25. The fraction of sp³-hybridized carbons (Fsp3) is 0.280. The van der Waals surface area contributed by atoms with Crippen LogP contribution in [0.2, 0.25) is 0 Å². The number of piperazine rings is 1. The molecule has 0 aliphatic carbocycles. The lowest BCUT2D eigenvalue weighted by Gasteiger charge is -2.35. The second kappa shape index (κ2) is 9.35. The van der Waals surface area contributed by atoms with Crippen molar-refractivity contribution >= 4 is 45.6 Å². The zero-order chi connectivity index (χ0) is 24.7. The van der Waals surface area contributed by atoms with Crippen LogP contribution in [0.1, 0.15) is 18.3 Å². The van der Waals surface area contributed by atoms with Gasteiger partial charge in [0, 0.05) is 37.1 Å². The number of anilines is 1. The monoisotopic (exact) mass is 495 g/mol. The third-order valence-electron chi connectivity index (χ3n) is 6.21. The molecular weight excluding hydrogens is 472 g/mol. The minimum atomic E-state index is -0.596. The van der Waals surface area contributed by atoms with Crippen molar-refractivity contribution in [2.75, 3.05) is 37.6 Å². The van der Waals surface area contributed by atoms with Gasteiger partial charge in [0.2, 0.25) is 0 Å². The number of fused-ring (bicyclic) bond motifs is 1. The fourth-order valence-electron chi connectivity index (χ4n) is 4.41. The fourth-order valence-corrected chi connectivity index (χ4v) is 5.10. The molecule has 2 aliphatic heterocycles. The Labute approximate surface area is 205 Å². The van der Waals surface area contributed by atoms with E-state index in [4.69, 9.17) is 0 Å². The van der Waals surface area contributed by atoms with E-state index in [0.29, 0.717) is 33.7 Å². The number of halogens is 2. The summed E-state index contributed by atoms with van der Waals surface area (Å²) in [6.45, 7) is 8.00. The molecular formula is C25H23F2N5O2S. The maximum absolute atomic E-state index is 15.2. The average Bonchev–Trinajstić information content (AvgIpc) is 3.15. The van der Waals surface area contributed by atoms with E-state index in [2.05, 4.69) is 27.1 Å². The molecule has 2 fully saturated rings. The maximum Gasteiger partial charge on any atom is 0.290 e. The molecule has 0 spiro atoms. The molecule has 7 nitrogen and oxygen atoms in total. The standard InChI is InChI=1S/C25H23F2N5O2S/c1-3-31-6-8-32(9-7-31)20-5-4-16(13-18(20)26)22-17-10-15(12-21-24(33)30-25(34)35-21)11-19(27)23(17)29-14(2)28-22/h4-5,10-13H,3,6-9H2,1-2H3,(H,30,33,34)/b21-12-. The maximum atomic E-state index is 15.2. The van der Waals surface area contributed by atoms with E-state index in [1.807, 2.05) is 4.90 Å². The van der Waals surface area contributed by atoms with E-state index in [0.717, 1.165) is 44.5 Å². The number of imide groups is 1. The minimum Gasteiger partial charge on any atom is -0.367 e. The van der Waals surface area contributed by atoms with Gasteiger partial charge in [-0.25, -0.2) is 18.7 Å². The number of nitrogens with one attached hydrogen (secondary N) is 1. The molecule has 5 rings (SSSR count). The minimum absolute atomic E-state index is 0.106. The van der Waals surface area contributed by atoms with Crippen molar-refractivity contribution < 1.29 is 18.4 Å². The molecule has 0 atom stereocenters. The second-order valence-corrected chi connectivity index (χ2v) is 9.47. The molecule has 2 aromatic carbocycles. The van der Waals surface area contributed by atoms with Gasteiger partial charge in [0.25, 0.3) is 11.1 Å². The van der Waals surface area contributed by atoms with Crippen LogP contribution in [0.4, 0.5) is 19.3 Å². The van der Waals surface area contributed by atoms with Gasteiger partial charge in [-0.1, -0.05) is 13.0 Å². The van der Waals surface area contributed by atoms with Crippen LogP contribution in [0.15, 0.2) is 35.2 Å². The topological polar surface area (TPSA) is 78.4 Å². The van der Waals surface area contributed by atoms with Gasteiger partial charge in [-0.15, -0.1) is 0 Å². The van der Waals surface area contributed by atoms with Crippen LogP contribution in [0, 0.1) is 18.6 Å². The van der Waals surface area contributed by atoms with Gasteiger partial charge in [-0.2, -0.15) is 0 Å². The average molecular weight is 496 g/mol. The predicted octanol–water partition coefficient (Wildman–Crippen LogP) is 4.35. The Kier molecular flexibility index (Phi) is 6.24. The van der Waals surface area contributed by atoms with Crippen LogP contribution in [-0.4, -0.2) is 58.7 Å². The van der Waals surface area contributed by atoms with Crippen molar-refractivity contribution in [3.05, 3.63) is 58.3 Å². The number of nitrogens with zero attached hydrogens (tertiary/aromatic N) is 4. The van der Waals surface area contributed by atoms with E-state index in [-0.39, 0.29) is 16.2 Å². The zero-order valence-corrected chi connectivity index (χ0v) is 20.1. The molecule has 1 aromatic heterocycles. The third kappa shape index (κ3) is 4.63. The second-order valence-electron chi connectivity index (χ2n) is 8.46. The van der Waals surface area contributed by atoms with E-state index < -0.39 is 17.0 Å². The molecule has 2 aliphatic rings. The largest absolute Gasteiger partial charge is 0.367 e. The molecule has 10 heteroatoms. The van der Waals surface area contributed by atoms with Crippen molar-refractivity contribution in [2.45, 2.75) is 13.8 Å². The summed E-state index contributed by atoms with van der Waals surface area (Å²) in [6.07, 6.45) is 1.44. The molecule has 0 radical (unpaired) electrons. The Bertz CT molecular complexity index is 1390. The van der Waals surface area contributed by atoms with Crippen LogP contribution in [0.3, 0.4) is 0 Å². The van der Waals surface area contributed by atoms with Crippen LogP contribution in [-0.2, 0) is 4.79 Å². The number of likely N-dealkylation sites (N-methyl/N-ethyl adjacent to an activating group) is 1. The summed E-state index contributed by atoms with van der Waals surface area (Å²) >= 11 is 0.752. The predicted molar refractivity (Wildman–Crippen MR) is 133 cm³/mol. The lowest BCUT2D eigenvalue weighted by molar-refractivity contribution is -0.115. The Morgan fingerprint density at radius 2 is 1.83 bits per heavy atom. The van der Waals surface area contributed by atoms with E-state index in [1.54, 1.807) is 25.1 Å². The first-order valence-corrected chi connectivity index (χ1v) is 12.1.